The third kappa shape index (κ3) is 2.04. The van der Waals surface area contributed by atoms with Crippen LogP contribution in [0.15, 0.2) is 18.3 Å². The molecular weight excluding hydrogens is 152 g/mol. The van der Waals surface area contributed by atoms with Crippen LogP contribution >= 0.6 is 0 Å². The lowest BCUT2D eigenvalue weighted by molar-refractivity contribution is 0.178. The summed E-state index contributed by atoms with van der Waals surface area (Å²) in [6, 6.07) is 5.49. The van der Waals surface area contributed by atoms with E-state index in [9.17, 15) is 5.11 Å². The van der Waals surface area contributed by atoms with E-state index in [-0.39, 0.29) is 6.42 Å². The molecule has 0 aliphatic rings. The first kappa shape index (κ1) is 8.69. The van der Waals surface area contributed by atoms with Crippen molar-refractivity contribution >= 4 is 0 Å². The van der Waals surface area contributed by atoms with Crippen molar-refractivity contribution in [1.82, 2.24) is 4.98 Å². The summed E-state index contributed by atoms with van der Waals surface area (Å²) < 4.78 is 0. The van der Waals surface area contributed by atoms with Gasteiger partial charge in [0.15, 0.2) is 0 Å². The van der Waals surface area contributed by atoms with E-state index >= 15 is 0 Å². The van der Waals surface area contributed by atoms with Gasteiger partial charge in [-0.15, -0.1) is 0 Å². The van der Waals surface area contributed by atoms with E-state index < -0.39 is 6.10 Å². The molecule has 0 saturated carbocycles. The summed E-state index contributed by atoms with van der Waals surface area (Å²) in [6.45, 7) is 1.92. The second kappa shape index (κ2) is 3.84. The highest BCUT2D eigenvalue weighted by molar-refractivity contribution is 5.14. The Morgan fingerprint density at radius 2 is 2.42 bits per heavy atom. The largest absolute Gasteiger partial charge is 0.386 e. The minimum atomic E-state index is -0.754. The first-order valence-electron chi connectivity index (χ1n) is 3.71. The van der Waals surface area contributed by atoms with Gasteiger partial charge in [-0.2, -0.15) is 5.26 Å². The molecule has 1 atom stereocenters. The van der Waals surface area contributed by atoms with Crippen molar-refractivity contribution in [1.29, 1.82) is 5.26 Å². The molecule has 1 unspecified atom stereocenters. The van der Waals surface area contributed by atoms with Gasteiger partial charge in [0.25, 0.3) is 0 Å². The molecule has 12 heavy (non-hydrogen) atoms. The van der Waals surface area contributed by atoms with Crippen molar-refractivity contribution in [3.63, 3.8) is 0 Å². The lowest BCUT2D eigenvalue weighted by Gasteiger charge is -2.04. The first-order chi connectivity index (χ1) is 5.74. The Morgan fingerprint density at radius 3 is 2.92 bits per heavy atom. The highest BCUT2D eigenvalue weighted by atomic mass is 16.3. The molecule has 1 aromatic rings. The maximum absolute atomic E-state index is 9.33. The van der Waals surface area contributed by atoms with E-state index in [0.29, 0.717) is 5.69 Å². The van der Waals surface area contributed by atoms with E-state index in [1.807, 2.05) is 19.1 Å². The number of aliphatic hydroxyl groups excluding tert-OH is 1. The molecule has 1 N–H and O–H groups in total. The van der Waals surface area contributed by atoms with E-state index in [2.05, 4.69) is 4.98 Å². The summed E-state index contributed by atoms with van der Waals surface area (Å²) in [4.78, 5) is 4.00. The molecule has 1 rings (SSSR count). The highest BCUT2D eigenvalue weighted by Crippen LogP contribution is 2.12. The Bertz CT molecular complexity index is 286. The summed E-state index contributed by atoms with van der Waals surface area (Å²) in [6.07, 6.45) is 1.02. The molecule has 3 heteroatoms. The minimum absolute atomic E-state index is 0.0933. The molecule has 1 heterocycles. The lowest BCUT2D eigenvalue weighted by Crippen LogP contribution is -1.98. The predicted octanol–water partition coefficient (Wildman–Crippen LogP) is 1.34. The van der Waals surface area contributed by atoms with Crippen molar-refractivity contribution in [2.75, 3.05) is 0 Å². The number of pyridine rings is 1. The van der Waals surface area contributed by atoms with Crippen molar-refractivity contribution < 1.29 is 5.11 Å². The van der Waals surface area contributed by atoms with Gasteiger partial charge in [-0.25, -0.2) is 0 Å². The Balaban J connectivity index is 2.76. The molecule has 1 aromatic heterocycles. The fourth-order valence-electron chi connectivity index (χ4n) is 0.867. The van der Waals surface area contributed by atoms with Crippen LogP contribution < -0.4 is 0 Å². The third-order valence-electron chi connectivity index (χ3n) is 1.56. The zero-order chi connectivity index (χ0) is 8.97. The number of aromatic nitrogens is 1. The molecule has 62 valence electrons. The van der Waals surface area contributed by atoms with E-state index in [1.165, 1.54) is 0 Å². The van der Waals surface area contributed by atoms with E-state index in [0.717, 1.165) is 5.56 Å². The topological polar surface area (TPSA) is 56.9 Å². The SMILES string of the molecule is Cc1ccc(C(O)CC#N)nc1. The average molecular weight is 162 g/mol. The number of rotatable bonds is 2. The van der Waals surface area contributed by atoms with Crippen LogP contribution in [-0.4, -0.2) is 10.1 Å². The molecule has 0 bridgehead atoms. The number of nitrogens with zero attached hydrogens (tertiary/aromatic N) is 2. The van der Waals surface area contributed by atoms with Crippen LogP contribution in [0.2, 0.25) is 0 Å². The molecule has 3 nitrogen and oxygen atoms in total. The zero-order valence-electron chi connectivity index (χ0n) is 6.86. The maximum atomic E-state index is 9.33. The fraction of sp³-hybridized carbons (Fsp3) is 0.333. The van der Waals surface area contributed by atoms with E-state index in [1.54, 1.807) is 12.3 Å². The summed E-state index contributed by atoms with van der Waals surface area (Å²) in [5.41, 5.74) is 1.60. The van der Waals surface area contributed by atoms with Gasteiger partial charge in [0.2, 0.25) is 0 Å². The maximum Gasteiger partial charge on any atom is 0.109 e. The standard InChI is InChI=1S/C9H10N2O/c1-7-2-3-8(11-6-7)9(12)4-5-10/h2-3,6,9,12H,4H2,1H3. The Labute approximate surface area is 71.3 Å². The van der Waals surface area contributed by atoms with Gasteiger partial charge in [0.1, 0.15) is 6.10 Å². The van der Waals surface area contributed by atoms with Gasteiger partial charge < -0.3 is 5.11 Å². The fourth-order valence-corrected chi connectivity index (χ4v) is 0.867. The summed E-state index contributed by atoms with van der Waals surface area (Å²) in [5.74, 6) is 0. The average Bonchev–Trinajstić information content (AvgIpc) is 2.06. The van der Waals surface area contributed by atoms with Gasteiger partial charge in [0, 0.05) is 6.20 Å². The number of hydrogen-bond donors (Lipinski definition) is 1. The van der Waals surface area contributed by atoms with Crippen LogP contribution in [0.25, 0.3) is 0 Å². The van der Waals surface area contributed by atoms with Gasteiger partial charge in [-0.1, -0.05) is 6.07 Å². The molecule has 0 spiro atoms. The van der Waals surface area contributed by atoms with Gasteiger partial charge in [0.05, 0.1) is 18.2 Å². The van der Waals surface area contributed by atoms with Crippen LogP contribution in [0.5, 0.6) is 0 Å². The normalized spacial score (nSPS) is 12.1. The molecule has 0 fully saturated rings. The molecule has 0 aliphatic carbocycles. The molecule has 0 saturated heterocycles. The van der Waals surface area contributed by atoms with Crippen LogP contribution in [0, 0.1) is 18.3 Å². The summed E-state index contributed by atoms with van der Waals surface area (Å²) in [5, 5.41) is 17.6. The van der Waals surface area contributed by atoms with Crippen LogP contribution in [-0.2, 0) is 0 Å². The van der Waals surface area contributed by atoms with Crippen molar-refractivity contribution in [2.45, 2.75) is 19.4 Å². The third-order valence-corrected chi connectivity index (χ3v) is 1.56. The Hall–Kier alpha value is -1.40. The molecule has 0 radical (unpaired) electrons. The minimum Gasteiger partial charge on any atom is -0.386 e. The summed E-state index contributed by atoms with van der Waals surface area (Å²) in [7, 11) is 0. The lowest BCUT2D eigenvalue weighted by atomic mass is 10.1. The quantitative estimate of drug-likeness (QED) is 0.713. The number of hydrogen-bond acceptors (Lipinski definition) is 3. The first-order valence-corrected chi connectivity index (χ1v) is 3.71. The molecular formula is C9H10N2O. The predicted molar refractivity (Wildman–Crippen MR) is 44.2 cm³/mol. The smallest absolute Gasteiger partial charge is 0.109 e. The van der Waals surface area contributed by atoms with Crippen LogP contribution in [0.3, 0.4) is 0 Å². The molecule has 0 aliphatic heterocycles. The molecule has 0 aromatic carbocycles. The molecule has 0 amide bonds. The van der Waals surface area contributed by atoms with Gasteiger partial charge >= 0.3 is 0 Å². The van der Waals surface area contributed by atoms with Crippen molar-refractivity contribution in [2.24, 2.45) is 0 Å². The zero-order valence-corrected chi connectivity index (χ0v) is 6.86. The second-order valence-electron chi connectivity index (χ2n) is 2.64. The summed E-state index contributed by atoms with van der Waals surface area (Å²) >= 11 is 0. The number of aliphatic hydroxyl groups is 1. The monoisotopic (exact) mass is 162 g/mol. The van der Waals surface area contributed by atoms with Crippen LogP contribution in [0.1, 0.15) is 23.8 Å². The Morgan fingerprint density at radius 1 is 1.67 bits per heavy atom. The van der Waals surface area contributed by atoms with Crippen molar-refractivity contribution in [3.8, 4) is 6.07 Å². The van der Waals surface area contributed by atoms with E-state index in [4.69, 9.17) is 5.26 Å². The number of nitriles is 1. The van der Waals surface area contributed by atoms with Gasteiger partial charge in [-0.3, -0.25) is 4.98 Å². The van der Waals surface area contributed by atoms with Crippen molar-refractivity contribution in [3.05, 3.63) is 29.6 Å². The Kier molecular flexibility index (Phi) is 2.78. The number of aryl methyl sites for hydroxylation is 1. The van der Waals surface area contributed by atoms with Crippen LogP contribution in [0.4, 0.5) is 0 Å². The van der Waals surface area contributed by atoms with Gasteiger partial charge in [-0.05, 0) is 18.6 Å². The second-order valence-corrected chi connectivity index (χ2v) is 2.64. The highest BCUT2D eigenvalue weighted by Gasteiger charge is 2.06.